The predicted octanol–water partition coefficient (Wildman–Crippen LogP) is 2.90. The van der Waals surface area contributed by atoms with Gasteiger partial charge in [-0.3, -0.25) is 4.79 Å². The summed E-state index contributed by atoms with van der Waals surface area (Å²) in [6.07, 6.45) is -2.92. The van der Waals surface area contributed by atoms with E-state index in [-0.39, 0.29) is 28.9 Å². The molecule has 4 nitrogen and oxygen atoms in total. The summed E-state index contributed by atoms with van der Waals surface area (Å²) in [5.74, 6) is -0.311. The summed E-state index contributed by atoms with van der Waals surface area (Å²) in [4.78, 5) is 15.0. The highest BCUT2D eigenvalue weighted by molar-refractivity contribution is 9.10. The van der Waals surface area contributed by atoms with Crippen LogP contribution in [0.3, 0.4) is 0 Å². The van der Waals surface area contributed by atoms with Crippen molar-refractivity contribution in [3.05, 3.63) is 21.9 Å². The zero-order valence-corrected chi connectivity index (χ0v) is 11.5. The van der Waals surface area contributed by atoms with Crippen LogP contribution in [0, 0.1) is 0 Å². The molecule has 0 aliphatic rings. The third kappa shape index (κ3) is 3.63. The lowest BCUT2D eigenvalue weighted by molar-refractivity contribution is -0.142. The number of halogens is 3. The number of carbonyl (C=O) groups is 1. The Kier molecular flexibility index (Phi) is 5.46. The van der Waals surface area contributed by atoms with Crippen molar-refractivity contribution in [2.24, 2.45) is 0 Å². The fourth-order valence-corrected chi connectivity index (χ4v) is 1.86. The number of ether oxygens (including phenoxy) is 2. The largest absolute Gasteiger partial charge is 0.495 e. The predicted molar refractivity (Wildman–Crippen MR) is 63.8 cm³/mol. The standard InChI is InChI=1S/C11H12BrF2NO3/c1-3-18-8(16)5-6-4-7(17-2)9(12)10(15-6)11(13)14/h4,11H,3,5H2,1-2H3. The molecule has 0 spiro atoms. The highest BCUT2D eigenvalue weighted by Gasteiger charge is 2.20. The van der Waals surface area contributed by atoms with E-state index in [1.807, 2.05) is 0 Å². The topological polar surface area (TPSA) is 48.4 Å². The lowest BCUT2D eigenvalue weighted by Gasteiger charge is -2.10. The van der Waals surface area contributed by atoms with Crippen molar-refractivity contribution in [3.8, 4) is 5.75 Å². The van der Waals surface area contributed by atoms with Gasteiger partial charge < -0.3 is 9.47 Å². The van der Waals surface area contributed by atoms with Crippen molar-refractivity contribution in [2.75, 3.05) is 13.7 Å². The molecule has 0 bridgehead atoms. The lowest BCUT2D eigenvalue weighted by atomic mass is 10.2. The van der Waals surface area contributed by atoms with Crippen LogP contribution in [0.4, 0.5) is 8.78 Å². The first kappa shape index (κ1) is 14.8. The Bertz CT molecular complexity index is 441. The summed E-state index contributed by atoms with van der Waals surface area (Å²) in [6, 6.07) is 1.42. The van der Waals surface area contributed by atoms with E-state index in [0.29, 0.717) is 0 Å². The Morgan fingerprint density at radius 1 is 1.56 bits per heavy atom. The van der Waals surface area contributed by atoms with E-state index in [1.54, 1.807) is 6.92 Å². The molecule has 1 aromatic heterocycles. The molecular weight excluding hydrogens is 312 g/mol. The highest BCUT2D eigenvalue weighted by Crippen LogP contribution is 2.33. The molecule has 0 saturated heterocycles. The fraction of sp³-hybridized carbons (Fsp3) is 0.455. The molecule has 0 saturated carbocycles. The molecule has 100 valence electrons. The first-order valence-electron chi connectivity index (χ1n) is 5.16. The number of hydrogen-bond acceptors (Lipinski definition) is 4. The lowest BCUT2D eigenvalue weighted by Crippen LogP contribution is -2.10. The molecule has 0 aromatic carbocycles. The summed E-state index contributed by atoms with van der Waals surface area (Å²) >= 11 is 2.99. The second-order valence-electron chi connectivity index (χ2n) is 3.30. The summed E-state index contributed by atoms with van der Waals surface area (Å²) in [5.41, 5.74) is -0.266. The zero-order valence-electron chi connectivity index (χ0n) is 9.87. The Labute approximate surface area is 111 Å². The smallest absolute Gasteiger partial charge is 0.311 e. The molecule has 18 heavy (non-hydrogen) atoms. The SMILES string of the molecule is CCOC(=O)Cc1cc(OC)c(Br)c(C(F)F)n1. The van der Waals surface area contributed by atoms with Gasteiger partial charge in [-0.2, -0.15) is 0 Å². The number of alkyl halides is 2. The fourth-order valence-electron chi connectivity index (χ4n) is 1.32. The minimum atomic E-state index is -2.75. The van der Waals surface area contributed by atoms with E-state index < -0.39 is 18.1 Å². The molecule has 0 N–H and O–H groups in total. The van der Waals surface area contributed by atoms with Crippen molar-refractivity contribution >= 4 is 21.9 Å². The van der Waals surface area contributed by atoms with Gasteiger partial charge in [0.2, 0.25) is 0 Å². The first-order valence-corrected chi connectivity index (χ1v) is 5.96. The number of aromatic nitrogens is 1. The molecule has 0 aliphatic carbocycles. The van der Waals surface area contributed by atoms with Crippen LogP contribution in [-0.2, 0) is 16.0 Å². The quantitative estimate of drug-likeness (QED) is 0.782. The third-order valence-corrected chi connectivity index (χ3v) is 2.86. The molecule has 1 aromatic rings. The molecule has 0 unspecified atom stereocenters. The average molecular weight is 324 g/mol. The first-order chi connectivity index (χ1) is 8.49. The second-order valence-corrected chi connectivity index (χ2v) is 4.09. The molecule has 1 rings (SSSR count). The van der Waals surface area contributed by atoms with Crippen molar-refractivity contribution in [3.63, 3.8) is 0 Å². The van der Waals surface area contributed by atoms with Crippen molar-refractivity contribution in [2.45, 2.75) is 19.8 Å². The number of nitrogens with zero attached hydrogens (tertiary/aromatic N) is 1. The molecule has 0 atom stereocenters. The van der Waals surface area contributed by atoms with E-state index in [0.717, 1.165) is 0 Å². The van der Waals surface area contributed by atoms with Gasteiger partial charge in [-0.25, -0.2) is 13.8 Å². The van der Waals surface area contributed by atoms with Crippen molar-refractivity contribution < 1.29 is 23.0 Å². The maximum absolute atomic E-state index is 12.7. The van der Waals surface area contributed by atoms with Crippen LogP contribution in [0.2, 0.25) is 0 Å². The van der Waals surface area contributed by atoms with Gasteiger partial charge in [-0.1, -0.05) is 0 Å². The third-order valence-electron chi connectivity index (χ3n) is 2.06. The number of esters is 1. The summed E-state index contributed by atoms with van der Waals surface area (Å²) < 4.78 is 35.3. The highest BCUT2D eigenvalue weighted by atomic mass is 79.9. The van der Waals surface area contributed by atoms with Gasteiger partial charge in [0, 0.05) is 6.07 Å². The summed E-state index contributed by atoms with van der Waals surface area (Å²) in [5, 5.41) is 0. The van der Waals surface area contributed by atoms with Crippen LogP contribution in [-0.4, -0.2) is 24.7 Å². The second kappa shape index (κ2) is 6.63. The Morgan fingerprint density at radius 2 is 2.22 bits per heavy atom. The zero-order chi connectivity index (χ0) is 13.7. The van der Waals surface area contributed by atoms with Gasteiger partial charge in [0.25, 0.3) is 6.43 Å². The number of rotatable bonds is 5. The molecule has 0 radical (unpaired) electrons. The Hall–Kier alpha value is -1.24. The van der Waals surface area contributed by atoms with Gasteiger partial charge in [-0.05, 0) is 22.9 Å². The minimum absolute atomic E-state index is 0.0904. The molecular formula is C11H12BrF2NO3. The maximum atomic E-state index is 12.7. The number of pyridine rings is 1. The van der Waals surface area contributed by atoms with Gasteiger partial charge in [0.15, 0.2) is 0 Å². The number of methoxy groups -OCH3 is 1. The minimum Gasteiger partial charge on any atom is -0.495 e. The number of hydrogen-bond donors (Lipinski definition) is 0. The van der Waals surface area contributed by atoms with E-state index in [9.17, 15) is 13.6 Å². The van der Waals surface area contributed by atoms with Crippen LogP contribution in [0.5, 0.6) is 5.75 Å². The van der Waals surface area contributed by atoms with E-state index >= 15 is 0 Å². The van der Waals surface area contributed by atoms with Crippen molar-refractivity contribution in [1.29, 1.82) is 0 Å². The van der Waals surface area contributed by atoms with E-state index in [4.69, 9.17) is 9.47 Å². The maximum Gasteiger partial charge on any atom is 0.311 e. The van der Waals surface area contributed by atoms with Crippen molar-refractivity contribution in [1.82, 2.24) is 4.98 Å². The Balaban J connectivity index is 3.06. The molecule has 0 fully saturated rings. The van der Waals surface area contributed by atoms with Gasteiger partial charge in [-0.15, -0.1) is 0 Å². The summed E-state index contributed by atoms with van der Waals surface area (Å²) in [6.45, 7) is 1.90. The van der Waals surface area contributed by atoms with E-state index in [1.165, 1.54) is 13.2 Å². The molecule has 0 aliphatic heterocycles. The monoisotopic (exact) mass is 323 g/mol. The van der Waals surface area contributed by atoms with Gasteiger partial charge in [0.1, 0.15) is 11.4 Å². The molecule has 7 heteroatoms. The van der Waals surface area contributed by atoms with Gasteiger partial charge >= 0.3 is 5.97 Å². The number of carbonyl (C=O) groups excluding carboxylic acids is 1. The average Bonchev–Trinajstić information content (AvgIpc) is 2.31. The van der Waals surface area contributed by atoms with Crippen LogP contribution >= 0.6 is 15.9 Å². The van der Waals surface area contributed by atoms with Crippen LogP contribution < -0.4 is 4.74 Å². The normalized spacial score (nSPS) is 10.6. The van der Waals surface area contributed by atoms with Crippen LogP contribution in [0.25, 0.3) is 0 Å². The molecule has 1 heterocycles. The Morgan fingerprint density at radius 3 is 2.72 bits per heavy atom. The summed E-state index contributed by atoms with van der Waals surface area (Å²) in [7, 11) is 1.35. The van der Waals surface area contributed by atoms with Crippen LogP contribution in [0.15, 0.2) is 10.5 Å². The van der Waals surface area contributed by atoms with Crippen LogP contribution in [0.1, 0.15) is 24.7 Å². The molecule has 0 amide bonds. The van der Waals surface area contributed by atoms with Gasteiger partial charge in [0.05, 0.1) is 30.3 Å². The van der Waals surface area contributed by atoms with E-state index in [2.05, 4.69) is 20.9 Å².